The van der Waals surface area contributed by atoms with Gasteiger partial charge < -0.3 is 9.84 Å². The molecule has 1 aromatic heterocycles. The molecule has 0 aliphatic heterocycles. The molecule has 0 radical (unpaired) electrons. The van der Waals surface area contributed by atoms with Gasteiger partial charge in [0.05, 0.1) is 0 Å². The fraction of sp³-hybridized carbons (Fsp3) is 0.467. The Labute approximate surface area is 114 Å². The summed E-state index contributed by atoms with van der Waals surface area (Å²) in [5.74, 6) is 1.33. The van der Waals surface area contributed by atoms with E-state index in [0.29, 0.717) is 5.89 Å². The summed E-state index contributed by atoms with van der Waals surface area (Å²) in [4.78, 5) is 4.39. The SMILES string of the molecule is CNCCc1noc(-c2ccc(C(C)(C)C)cc2)n1. The predicted octanol–water partition coefficient (Wildman–Crippen LogP) is 2.80. The molecule has 0 saturated heterocycles. The second-order valence-corrected chi connectivity index (χ2v) is 5.70. The van der Waals surface area contributed by atoms with Gasteiger partial charge in [-0.15, -0.1) is 0 Å². The number of rotatable bonds is 4. The van der Waals surface area contributed by atoms with Gasteiger partial charge >= 0.3 is 0 Å². The van der Waals surface area contributed by atoms with Crippen LogP contribution < -0.4 is 5.32 Å². The lowest BCUT2D eigenvalue weighted by Gasteiger charge is -2.18. The Morgan fingerprint density at radius 1 is 1.16 bits per heavy atom. The van der Waals surface area contributed by atoms with Gasteiger partial charge in [0, 0.05) is 18.5 Å². The zero-order chi connectivity index (χ0) is 13.9. The highest BCUT2D eigenvalue weighted by Gasteiger charge is 2.14. The molecule has 2 rings (SSSR count). The summed E-state index contributed by atoms with van der Waals surface area (Å²) in [5, 5.41) is 7.04. The summed E-state index contributed by atoms with van der Waals surface area (Å²) in [6.07, 6.45) is 0.778. The third kappa shape index (κ3) is 3.41. The molecule has 0 atom stereocenters. The molecule has 0 aliphatic rings. The average molecular weight is 259 g/mol. The van der Waals surface area contributed by atoms with Crippen LogP contribution in [0.4, 0.5) is 0 Å². The highest BCUT2D eigenvalue weighted by atomic mass is 16.5. The van der Waals surface area contributed by atoms with Gasteiger partial charge in [-0.1, -0.05) is 38.1 Å². The normalized spacial score (nSPS) is 11.8. The summed E-state index contributed by atoms with van der Waals surface area (Å²) in [6, 6.07) is 8.31. The van der Waals surface area contributed by atoms with Gasteiger partial charge in [-0.3, -0.25) is 0 Å². The smallest absolute Gasteiger partial charge is 0.257 e. The Kier molecular flexibility index (Phi) is 4.00. The van der Waals surface area contributed by atoms with Crippen molar-refractivity contribution < 1.29 is 4.52 Å². The van der Waals surface area contributed by atoms with E-state index in [1.165, 1.54) is 5.56 Å². The molecule has 4 heteroatoms. The van der Waals surface area contributed by atoms with Crippen LogP contribution in [-0.2, 0) is 11.8 Å². The van der Waals surface area contributed by atoms with Gasteiger partial charge in [-0.25, -0.2) is 0 Å². The molecule has 0 aliphatic carbocycles. The fourth-order valence-corrected chi connectivity index (χ4v) is 1.82. The van der Waals surface area contributed by atoms with Crippen LogP contribution in [0, 0.1) is 0 Å². The number of benzene rings is 1. The Bertz CT molecular complexity index is 523. The maximum absolute atomic E-state index is 5.28. The van der Waals surface area contributed by atoms with Crippen molar-refractivity contribution in [2.45, 2.75) is 32.6 Å². The monoisotopic (exact) mass is 259 g/mol. The van der Waals surface area contributed by atoms with E-state index in [0.717, 1.165) is 24.4 Å². The van der Waals surface area contributed by atoms with Crippen molar-refractivity contribution in [1.82, 2.24) is 15.5 Å². The molecule has 19 heavy (non-hydrogen) atoms. The molecule has 102 valence electrons. The van der Waals surface area contributed by atoms with E-state index in [4.69, 9.17) is 4.52 Å². The van der Waals surface area contributed by atoms with Crippen molar-refractivity contribution in [3.8, 4) is 11.5 Å². The van der Waals surface area contributed by atoms with Crippen molar-refractivity contribution >= 4 is 0 Å². The summed E-state index contributed by atoms with van der Waals surface area (Å²) in [5.41, 5.74) is 2.42. The summed E-state index contributed by atoms with van der Waals surface area (Å²) in [7, 11) is 1.91. The molecule has 1 N–H and O–H groups in total. The highest BCUT2D eigenvalue weighted by molar-refractivity contribution is 5.53. The molecule has 4 nitrogen and oxygen atoms in total. The Hall–Kier alpha value is -1.68. The van der Waals surface area contributed by atoms with Crippen LogP contribution >= 0.6 is 0 Å². The van der Waals surface area contributed by atoms with Gasteiger partial charge in [0.15, 0.2) is 5.82 Å². The number of nitrogens with one attached hydrogen (secondary N) is 1. The van der Waals surface area contributed by atoms with Crippen LogP contribution in [-0.4, -0.2) is 23.7 Å². The number of nitrogens with zero attached hydrogens (tertiary/aromatic N) is 2. The summed E-state index contributed by atoms with van der Waals surface area (Å²) in [6.45, 7) is 7.45. The molecule has 1 aromatic carbocycles. The minimum absolute atomic E-state index is 0.158. The molecular formula is C15H21N3O. The predicted molar refractivity (Wildman–Crippen MR) is 76.1 cm³/mol. The molecule has 1 heterocycles. The fourth-order valence-electron chi connectivity index (χ4n) is 1.82. The molecule has 0 spiro atoms. The summed E-state index contributed by atoms with van der Waals surface area (Å²) >= 11 is 0. The standard InChI is InChI=1S/C15H21N3O/c1-15(2,3)12-7-5-11(6-8-12)14-17-13(18-19-14)9-10-16-4/h5-8,16H,9-10H2,1-4H3. The number of aromatic nitrogens is 2. The van der Waals surface area contributed by atoms with E-state index >= 15 is 0 Å². The van der Waals surface area contributed by atoms with Crippen LogP contribution in [0.2, 0.25) is 0 Å². The molecule has 0 saturated carbocycles. The van der Waals surface area contributed by atoms with Gasteiger partial charge in [0.1, 0.15) is 0 Å². The van der Waals surface area contributed by atoms with E-state index in [2.05, 4.69) is 48.4 Å². The van der Waals surface area contributed by atoms with Gasteiger partial charge in [-0.05, 0) is 30.2 Å². The van der Waals surface area contributed by atoms with Crippen LogP contribution in [0.3, 0.4) is 0 Å². The average Bonchev–Trinajstić information content (AvgIpc) is 2.84. The van der Waals surface area contributed by atoms with Crippen LogP contribution in [0.5, 0.6) is 0 Å². The van der Waals surface area contributed by atoms with Crippen molar-refractivity contribution in [1.29, 1.82) is 0 Å². The molecule has 0 unspecified atom stereocenters. The third-order valence-corrected chi connectivity index (χ3v) is 3.06. The first-order valence-electron chi connectivity index (χ1n) is 6.59. The second-order valence-electron chi connectivity index (χ2n) is 5.70. The Balaban J connectivity index is 2.16. The lowest BCUT2D eigenvalue weighted by atomic mass is 9.87. The first kappa shape index (κ1) is 13.7. The van der Waals surface area contributed by atoms with Gasteiger partial charge in [0.2, 0.25) is 0 Å². The Morgan fingerprint density at radius 3 is 2.42 bits per heavy atom. The largest absolute Gasteiger partial charge is 0.334 e. The van der Waals surface area contributed by atoms with E-state index in [1.807, 2.05) is 19.2 Å². The lowest BCUT2D eigenvalue weighted by molar-refractivity contribution is 0.422. The molecule has 0 amide bonds. The van der Waals surface area contributed by atoms with E-state index in [-0.39, 0.29) is 5.41 Å². The maximum atomic E-state index is 5.28. The zero-order valence-electron chi connectivity index (χ0n) is 12.0. The lowest BCUT2D eigenvalue weighted by Crippen LogP contribution is -2.11. The van der Waals surface area contributed by atoms with Crippen LogP contribution in [0.1, 0.15) is 32.2 Å². The number of hydrogen-bond donors (Lipinski definition) is 1. The van der Waals surface area contributed by atoms with Crippen LogP contribution in [0.15, 0.2) is 28.8 Å². The van der Waals surface area contributed by atoms with E-state index in [1.54, 1.807) is 0 Å². The molecular weight excluding hydrogens is 238 g/mol. The minimum atomic E-state index is 0.158. The van der Waals surface area contributed by atoms with E-state index < -0.39 is 0 Å². The van der Waals surface area contributed by atoms with Gasteiger partial charge in [0.25, 0.3) is 5.89 Å². The zero-order valence-corrected chi connectivity index (χ0v) is 12.0. The number of hydrogen-bond acceptors (Lipinski definition) is 4. The Morgan fingerprint density at radius 2 is 1.84 bits per heavy atom. The highest BCUT2D eigenvalue weighted by Crippen LogP contribution is 2.25. The minimum Gasteiger partial charge on any atom is -0.334 e. The maximum Gasteiger partial charge on any atom is 0.257 e. The van der Waals surface area contributed by atoms with Gasteiger partial charge in [-0.2, -0.15) is 4.98 Å². The topological polar surface area (TPSA) is 51.0 Å². The second kappa shape index (κ2) is 5.53. The third-order valence-electron chi connectivity index (χ3n) is 3.06. The quantitative estimate of drug-likeness (QED) is 0.917. The molecule has 0 fully saturated rings. The summed E-state index contributed by atoms with van der Waals surface area (Å²) < 4.78 is 5.28. The van der Waals surface area contributed by atoms with Crippen molar-refractivity contribution in [3.05, 3.63) is 35.7 Å². The van der Waals surface area contributed by atoms with Crippen molar-refractivity contribution in [2.75, 3.05) is 13.6 Å². The first-order valence-corrected chi connectivity index (χ1v) is 6.59. The van der Waals surface area contributed by atoms with Crippen molar-refractivity contribution in [3.63, 3.8) is 0 Å². The first-order chi connectivity index (χ1) is 9.00. The van der Waals surface area contributed by atoms with Crippen molar-refractivity contribution in [2.24, 2.45) is 0 Å². The molecule has 2 aromatic rings. The molecule has 0 bridgehead atoms. The van der Waals surface area contributed by atoms with E-state index in [9.17, 15) is 0 Å². The van der Waals surface area contributed by atoms with Crippen LogP contribution in [0.25, 0.3) is 11.5 Å². The number of likely N-dealkylation sites (N-methyl/N-ethyl adjacent to an activating group) is 1.